The Kier molecular flexibility index (Phi) is 4.18. The number of aryl methyl sites for hydroxylation is 2. The molecule has 0 spiro atoms. The standard InChI is InChI=1S/C22H15BrN2O3S/c1-11-12(2)29-22(24-11)25-18(13-6-4-3-5-7-13)17-19(26)15-10-14(23)8-9-16(15)28-20(17)21(25)27/h3-10,18H,1-2H3/t18-/m1/s1. The highest BCUT2D eigenvalue weighted by Crippen LogP contribution is 2.42. The van der Waals surface area contributed by atoms with E-state index in [1.54, 1.807) is 23.1 Å². The first-order valence-corrected chi connectivity index (χ1v) is 10.7. The summed E-state index contributed by atoms with van der Waals surface area (Å²) < 4.78 is 6.74. The fourth-order valence-electron chi connectivity index (χ4n) is 3.65. The van der Waals surface area contributed by atoms with E-state index in [0.29, 0.717) is 21.7 Å². The van der Waals surface area contributed by atoms with E-state index < -0.39 is 6.04 Å². The van der Waals surface area contributed by atoms with Crippen molar-refractivity contribution in [1.29, 1.82) is 0 Å². The Labute approximate surface area is 178 Å². The number of aromatic nitrogens is 1. The predicted octanol–water partition coefficient (Wildman–Crippen LogP) is 5.38. The van der Waals surface area contributed by atoms with Gasteiger partial charge >= 0.3 is 0 Å². The maximum Gasteiger partial charge on any atom is 0.297 e. The molecule has 29 heavy (non-hydrogen) atoms. The Morgan fingerprint density at radius 2 is 1.86 bits per heavy atom. The molecule has 0 fully saturated rings. The van der Waals surface area contributed by atoms with E-state index in [1.807, 2.05) is 44.2 Å². The molecule has 0 bridgehead atoms. The first-order chi connectivity index (χ1) is 14.0. The maximum absolute atomic E-state index is 13.5. The third-order valence-electron chi connectivity index (χ3n) is 5.17. The third kappa shape index (κ3) is 2.76. The number of hydrogen-bond acceptors (Lipinski definition) is 5. The molecule has 0 aliphatic carbocycles. The lowest BCUT2D eigenvalue weighted by molar-refractivity contribution is 0.0971. The fourth-order valence-corrected chi connectivity index (χ4v) is 4.95. The van der Waals surface area contributed by atoms with E-state index in [9.17, 15) is 9.59 Å². The van der Waals surface area contributed by atoms with Crippen LogP contribution in [0.4, 0.5) is 5.13 Å². The molecule has 0 saturated heterocycles. The van der Waals surface area contributed by atoms with Gasteiger partial charge in [0.2, 0.25) is 5.76 Å². The molecular weight excluding hydrogens is 452 g/mol. The molecule has 0 saturated carbocycles. The zero-order valence-electron chi connectivity index (χ0n) is 15.6. The number of carbonyl (C=O) groups is 1. The van der Waals surface area contributed by atoms with Crippen molar-refractivity contribution >= 4 is 49.3 Å². The minimum atomic E-state index is -0.580. The molecule has 0 unspecified atom stereocenters. The van der Waals surface area contributed by atoms with Crippen LogP contribution >= 0.6 is 27.3 Å². The summed E-state index contributed by atoms with van der Waals surface area (Å²) in [4.78, 5) is 34.1. The number of carbonyl (C=O) groups excluding carboxylic acids is 1. The van der Waals surface area contributed by atoms with Crippen molar-refractivity contribution in [2.24, 2.45) is 0 Å². The summed E-state index contributed by atoms with van der Waals surface area (Å²) in [5.41, 5.74) is 2.26. The van der Waals surface area contributed by atoms with Crippen molar-refractivity contribution < 1.29 is 9.21 Å². The summed E-state index contributed by atoms with van der Waals surface area (Å²) in [7, 11) is 0. The number of nitrogens with zero attached hydrogens (tertiary/aromatic N) is 2. The number of thiazole rings is 1. The molecular formula is C22H15BrN2O3S. The third-order valence-corrected chi connectivity index (χ3v) is 6.74. The quantitative estimate of drug-likeness (QED) is 0.397. The van der Waals surface area contributed by atoms with Gasteiger partial charge in [-0.2, -0.15) is 0 Å². The molecule has 1 aliphatic heterocycles. The average molecular weight is 467 g/mol. The van der Waals surface area contributed by atoms with Gasteiger partial charge in [-0.05, 0) is 37.6 Å². The van der Waals surface area contributed by atoms with E-state index in [4.69, 9.17) is 4.42 Å². The van der Waals surface area contributed by atoms with Crippen molar-refractivity contribution in [3.8, 4) is 0 Å². The Balaban J connectivity index is 1.83. The number of fused-ring (bicyclic) bond motifs is 2. The van der Waals surface area contributed by atoms with Crippen LogP contribution in [0, 0.1) is 13.8 Å². The molecule has 3 heterocycles. The summed E-state index contributed by atoms with van der Waals surface area (Å²) in [5.74, 6) is -0.256. The van der Waals surface area contributed by atoms with Crippen molar-refractivity contribution in [2.45, 2.75) is 19.9 Å². The molecule has 1 amide bonds. The van der Waals surface area contributed by atoms with Gasteiger partial charge in [0.1, 0.15) is 5.58 Å². The molecule has 1 atom stereocenters. The van der Waals surface area contributed by atoms with Crippen LogP contribution in [-0.4, -0.2) is 10.9 Å². The summed E-state index contributed by atoms with van der Waals surface area (Å²) in [6.07, 6.45) is 0. The topological polar surface area (TPSA) is 63.4 Å². The Morgan fingerprint density at radius 1 is 1.10 bits per heavy atom. The second kappa shape index (κ2) is 6.64. The van der Waals surface area contributed by atoms with Crippen molar-refractivity contribution in [1.82, 2.24) is 4.98 Å². The van der Waals surface area contributed by atoms with Crippen LogP contribution < -0.4 is 10.3 Å². The van der Waals surface area contributed by atoms with Crippen LogP contribution in [0.1, 0.15) is 38.3 Å². The normalized spacial score (nSPS) is 15.9. The largest absolute Gasteiger partial charge is 0.450 e. The lowest BCUT2D eigenvalue weighted by Gasteiger charge is -2.22. The minimum Gasteiger partial charge on any atom is -0.450 e. The molecule has 4 aromatic rings. The summed E-state index contributed by atoms with van der Waals surface area (Å²) in [6, 6.07) is 14.2. The van der Waals surface area contributed by atoms with E-state index in [-0.39, 0.29) is 17.1 Å². The van der Waals surface area contributed by atoms with Gasteiger partial charge < -0.3 is 4.42 Å². The van der Waals surface area contributed by atoms with Crippen LogP contribution in [-0.2, 0) is 0 Å². The number of rotatable bonds is 2. The van der Waals surface area contributed by atoms with Crippen LogP contribution in [0.25, 0.3) is 11.0 Å². The Hall–Kier alpha value is -2.77. The van der Waals surface area contributed by atoms with Crippen molar-refractivity contribution in [2.75, 3.05) is 4.90 Å². The molecule has 0 radical (unpaired) electrons. The molecule has 2 aromatic heterocycles. The summed E-state index contributed by atoms with van der Waals surface area (Å²) in [5, 5.41) is 1.01. The smallest absolute Gasteiger partial charge is 0.297 e. The van der Waals surface area contributed by atoms with E-state index in [1.165, 1.54) is 11.3 Å². The Morgan fingerprint density at radius 3 is 2.55 bits per heavy atom. The number of hydrogen-bond donors (Lipinski definition) is 0. The first-order valence-electron chi connectivity index (χ1n) is 9.04. The first kappa shape index (κ1) is 18.3. The van der Waals surface area contributed by atoms with Crippen LogP contribution in [0.15, 0.2) is 62.2 Å². The number of benzene rings is 2. The molecule has 1 aliphatic rings. The predicted molar refractivity (Wildman–Crippen MR) is 117 cm³/mol. The van der Waals surface area contributed by atoms with Crippen LogP contribution in [0.3, 0.4) is 0 Å². The Bertz CT molecular complexity index is 1320. The molecule has 144 valence electrons. The number of halogens is 1. The van der Waals surface area contributed by atoms with Crippen LogP contribution in [0.5, 0.6) is 0 Å². The van der Waals surface area contributed by atoms with Gasteiger partial charge in [0.05, 0.1) is 22.7 Å². The highest BCUT2D eigenvalue weighted by Gasteiger charge is 2.44. The van der Waals surface area contributed by atoms with Gasteiger partial charge in [0.25, 0.3) is 5.91 Å². The van der Waals surface area contributed by atoms with Gasteiger partial charge in [0, 0.05) is 9.35 Å². The monoisotopic (exact) mass is 466 g/mol. The molecule has 5 nitrogen and oxygen atoms in total. The second-order valence-corrected chi connectivity index (χ2v) is 9.04. The lowest BCUT2D eigenvalue weighted by Crippen LogP contribution is -2.29. The molecule has 2 aromatic carbocycles. The van der Waals surface area contributed by atoms with E-state index in [2.05, 4.69) is 20.9 Å². The van der Waals surface area contributed by atoms with Gasteiger partial charge in [-0.3, -0.25) is 14.5 Å². The van der Waals surface area contributed by atoms with Gasteiger partial charge in [-0.1, -0.05) is 46.3 Å². The van der Waals surface area contributed by atoms with Crippen molar-refractivity contribution in [3.63, 3.8) is 0 Å². The molecule has 7 heteroatoms. The van der Waals surface area contributed by atoms with Crippen molar-refractivity contribution in [3.05, 3.63) is 90.7 Å². The zero-order chi connectivity index (χ0) is 20.3. The molecule has 5 rings (SSSR count). The van der Waals surface area contributed by atoms with Gasteiger partial charge in [0.15, 0.2) is 10.6 Å². The second-order valence-electron chi connectivity index (χ2n) is 6.94. The molecule has 0 N–H and O–H groups in total. The van der Waals surface area contributed by atoms with E-state index in [0.717, 1.165) is 20.6 Å². The maximum atomic E-state index is 13.5. The summed E-state index contributed by atoms with van der Waals surface area (Å²) in [6.45, 7) is 3.88. The highest BCUT2D eigenvalue weighted by molar-refractivity contribution is 9.10. The number of amides is 1. The number of anilines is 1. The fraction of sp³-hybridized carbons (Fsp3) is 0.136. The van der Waals surface area contributed by atoms with Gasteiger partial charge in [-0.25, -0.2) is 4.98 Å². The van der Waals surface area contributed by atoms with Crippen LogP contribution in [0.2, 0.25) is 0 Å². The van der Waals surface area contributed by atoms with E-state index >= 15 is 0 Å². The lowest BCUT2D eigenvalue weighted by atomic mass is 9.99. The SMILES string of the molecule is Cc1nc(N2C(=O)c3oc4ccc(Br)cc4c(=O)c3[C@H]2c2ccccc2)sc1C. The average Bonchev–Trinajstić information content (AvgIpc) is 3.20. The van der Waals surface area contributed by atoms with Gasteiger partial charge in [-0.15, -0.1) is 11.3 Å². The zero-order valence-corrected chi connectivity index (χ0v) is 18.0. The highest BCUT2D eigenvalue weighted by atomic mass is 79.9. The minimum absolute atomic E-state index is 0.0872. The summed E-state index contributed by atoms with van der Waals surface area (Å²) >= 11 is 4.85.